The van der Waals surface area contributed by atoms with Crippen LogP contribution in [0.1, 0.15) is 19.3 Å². The van der Waals surface area contributed by atoms with Crippen molar-refractivity contribution < 1.29 is 4.74 Å². The largest absolute Gasteiger partial charge is 0.380 e. The Morgan fingerprint density at radius 3 is 2.50 bits per heavy atom. The zero-order chi connectivity index (χ0) is 8.39. The molecule has 2 fully saturated rings. The molecule has 2 aliphatic rings. The third-order valence-electron chi connectivity index (χ3n) is 2.88. The quantitative estimate of drug-likeness (QED) is 0.580. The van der Waals surface area contributed by atoms with Gasteiger partial charge in [0, 0.05) is 18.0 Å². The van der Waals surface area contributed by atoms with Gasteiger partial charge >= 0.3 is 0 Å². The number of likely N-dealkylation sites (tertiary alicyclic amines) is 1. The van der Waals surface area contributed by atoms with E-state index in [1.807, 2.05) is 0 Å². The lowest BCUT2D eigenvalue weighted by atomic mass is 10.1. The van der Waals surface area contributed by atoms with Crippen molar-refractivity contribution in [1.82, 2.24) is 4.90 Å². The number of rotatable bonds is 1. The molecule has 3 heteroatoms. The summed E-state index contributed by atoms with van der Waals surface area (Å²) >= 11 is 6.03. The van der Waals surface area contributed by atoms with Crippen LogP contribution >= 0.6 is 11.6 Å². The summed E-state index contributed by atoms with van der Waals surface area (Å²) in [5.41, 5.74) is 0. The van der Waals surface area contributed by atoms with Crippen LogP contribution in [-0.2, 0) is 4.74 Å². The van der Waals surface area contributed by atoms with E-state index in [1.54, 1.807) is 0 Å². The molecule has 12 heavy (non-hydrogen) atoms. The van der Waals surface area contributed by atoms with Crippen LogP contribution in [0.5, 0.6) is 0 Å². The summed E-state index contributed by atoms with van der Waals surface area (Å²) in [6.07, 6.45) is 3.52. The number of hydrogen-bond donors (Lipinski definition) is 0. The van der Waals surface area contributed by atoms with Gasteiger partial charge in [-0.1, -0.05) is 0 Å². The Balaban J connectivity index is 1.80. The summed E-state index contributed by atoms with van der Waals surface area (Å²) in [6.45, 7) is 4.23. The molecular weight excluding hydrogens is 174 g/mol. The molecular formula is C9H16ClNO. The van der Waals surface area contributed by atoms with E-state index < -0.39 is 0 Å². The molecule has 0 amide bonds. The molecule has 2 aliphatic heterocycles. The third kappa shape index (κ3) is 1.93. The van der Waals surface area contributed by atoms with Gasteiger partial charge < -0.3 is 4.74 Å². The molecule has 2 heterocycles. The van der Waals surface area contributed by atoms with E-state index in [0.29, 0.717) is 11.4 Å². The molecule has 0 aromatic carbocycles. The molecule has 0 aromatic rings. The molecule has 0 aromatic heterocycles. The highest BCUT2D eigenvalue weighted by molar-refractivity contribution is 6.20. The molecule has 70 valence electrons. The smallest absolute Gasteiger partial charge is 0.0622 e. The lowest BCUT2D eigenvalue weighted by molar-refractivity contribution is 0.129. The van der Waals surface area contributed by atoms with E-state index >= 15 is 0 Å². The zero-order valence-electron chi connectivity index (χ0n) is 7.34. The molecule has 0 aliphatic carbocycles. The molecule has 0 saturated carbocycles. The van der Waals surface area contributed by atoms with Gasteiger partial charge in [-0.25, -0.2) is 0 Å². The number of ether oxygens (including phenoxy) is 1. The number of nitrogens with zero attached hydrogens (tertiary/aromatic N) is 1. The monoisotopic (exact) mass is 189 g/mol. The number of hydrogen-bond acceptors (Lipinski definition) is 2. The Morgan fingerprint density at radius 2 is 1.92 bits per heavy atom. The standard InChI is InChI=1S/C9H16ClNO/c10-8-1-4-11(5-2-8)9-3-6-12-7-9/h8-9H,1-7H2. The van der Waals surface area contributed by atoms with E-state index in [4.69, 9.17) is 16.3 Å². The number of piperidine rings is 1. The maximum absolute atomic E-state index is 6.03. The molecule has 2 saturated heterocycles. The van der Waals surface area contributed by atoms with Gasteiger partial charge in [0.25, 0.3) is 0 Å². The highest BCUT2D eigenvalue weighted by Gasteiger charge is 2.26. The molecule has 0 spiro atoms. The van der Waals surface area contributed by atoms with Crippen LogP contribution in [0.2, 0.25) is 0 Å². The van der Waals surface area contributed by atoms with E-state index in [9.17, 15) is 0 Å². The first-order valence-corrected chi connectivity index (χ1v) is 5.26. The van der Waals surface area contributed by atoms with E-state index in [-0.39, 0.29) is 0 Å². The number of alkyl halides is 1. The Kier molecular flexibility index (Phi) is 2.89. The summed E-state index contributed by atoms with van der Waals surface area (Å²) in [7, 11) is 0. The minimum absolute atomic E-state index is 0.420. The van der Waals surface area contributed by atoms with Crippen molar-refractivity contribution in [3.8, 4) is 0 Å². The van der Waals surface area contributed by atoms with Crippen LogP contribution < -0.4 is 0 Å². The van der Waals surface area contributed by atoms with Gasteiger partial charge in [0.2, 0.25) is 0 Å². The molecule has 2 nitrogen and oxygen atoms in total. The maximum atomic E-state index is 6.03. The van der Waals surface area contributed by atoms with Crippen LogP contribution in [-0.4, -0.2) is 42.6 Å². The normalized spacial score (nSPS) is 34.2. The van der Waals surface area contributed by atoms with Gasteiger partial charge in [-0.2, -0.15) is 0 Å². The first-order chi connectivity index (χ1) is 5.86. The average molecular weight is 190 g/mol. The van der Waals surface area contributed by atoms with Crippen molar-refractivity contribution in [1.29, 1.82) is 0 Å². The predicted molar refractivity (Wildman–Crippen MR) is 49.7 cm³/mol. The maximum Gasteiger partial charge on any atom is 0.0622 e. The van der Waals surface area contributed by atoms with E-state index in [1.165, 1.54) is 19.5 Å². The van der Waals surface area contributed by atoms with Gasteiger partial charge in [0.05, 0.1) is 6.61 Å². The number of halogens is 1. The second-order valence-corrected chi connectivity index (χ2v) is 4.35. The summed E-state index contributed by atoms with van der Waals surface area (Å²) in [5, 5.41) is 0.420. The average Bonchev–Trinajstić information content (AvgIpc) is 2.58. The first kappa shape index (κ1) is 8.79. The Labute approximate surface area is 78.8 Å². The van der Waals surface area contributed by atoms with Crippen LogP contribution in [0.3, 0.4) is 0 Å². The third-order valence-corrected chi connectivity index (χ3v) is 3.32. The molecule has 0 N–H and O–H groups in total. The fourth-order valence-corrected chi connectivity index (χ4v) is 2.24. The van der Waals surface area contributed by atoms with Crippen molar-refractivity contribution in [2.75, 3.05) is 26.3 Å². The first-order valence-electron chi connectivity index (χ1n) is 4.82. The Hall–Kier alpha value is 0.210. The molecule has 0 radical (unpaired) electrons. The van der Waals surface area contributed by atoms with Gasteiger partial charge in [0.15, 0.2) is 0 Å². The minimum Gasteiger partial charge on any atom is -0.380 e. The van der Waals surface area contributed by atoms with Crippen LogP contribution in [0.25, 0.3) is 0 Å². The van der Waals surface area contributed by atoms with Crippen molar-refractivity contribution in [2.24, 2.45) is 0 Å². The van der Waals surface area contributed by atoms with Gasteiger partial charge in [-0.05, 0) is 32.4 Å². The highest BCUT2D eigenvalue weighted by Crippen LogP contribution is 2.20. The zero-order valence-corrected chi connectivity index (χ0v) is 8.09. The van der Waals surface area contributed by atoms with Crippen molar-refractivity contribution >= 4 is 11.6 Å². The van der Waals surface area contributed by atoms with Gasteiger partial charge in [0.1, 0.15) is 0 Å². The van der Waals surface area contributed by atoms with Gasteiger partial charge in [-0.3, -0.25) is 4.90 Å². The Bertz CT molecular complexity index is 139. The molecule has 1 unspecified atom stereocenters. The lowest BCUT2D eigenvalue weighted by Gasteiger charge is -2.33. The van der Waals surface area contributed by atoms with Gasteiger partial charge in [-0.15, -0.1) is 11.6 Å². The fraction of sp³-hybridized carbons (Fsp3) is 1.00. The Morgan fingerprint density at radius 1 is 1.17 bits per heavy atom. The molecule has 0 bridgehead atoms. The summed E-state index contributed by atoms with van der Waals surface area (Å²) < 4.78 is 5.36. The second kappa shape index (κ2) is 3.95. The van der Waals surface area contributed by atoms with Crippen molar-refractivity contribution in [2.45, 2.75) is 30.7 Å². The molecule has 1 atom stereocenters. The van der Waals surface area contributed by atoms with Crippen LogP contribution in [0, 0.1) is 0 Å². The minimum atomic E-state index is 0.420. The molecule has 2 rings (SSSR count). The van der Waals surface area contributed by atoms with Crippen molar-refractivity contribution in [3.05, 3.63) is 0 Å². The SMILES string of the molecule is ClC1CCN(C2CCOC2)CC1. The second-order valence-electron chi connectivity index (χ2n) is 3.73. The van der Waals surface area contributed by atoms with Crippen molar-refractivity contribution in [3.63, 3.8) is 0 Å². The highest BCUT2D eigenvalue weighted by atomic mass is 35.5. The van der Waals surface area contributed by atoms with E-state index in [0.717, 1.165) is 26.1 Å². The topological polar surface area (TPSA) is 12.5 Å². The van der Waals surface area contributed by atoms with Crippen LogP contribution in [0.15, 0.2) is 0 Å². The summed E-state index contributed by atoms with van der Waals surface area (Å²) in [4.78, 5) is 2.53. The van der Waals surface area contributed by atoms with Crippen LogP contribution in [0.4, 0.5) is 0 Å². The predicted octanol–water partition coefficient (Wildman–Crippen LogP) is 1.48. The summed E-state index contributed by atoms with van der Waals surface area (Å²) in [6, 6.07) is 0.689. The fourth-order valence-electron chi connectivity index (χ4n) is 2.04. The lowest BCUT2D eigenvalue weighted by Crippen LogP contribution is -2.41. The van der Waals surface area contributed by atoms with E-state index in [2.05, 4.69) is 4.90 Å². The summed E-state index contributed by atoms with van der Waals surface area (Å²) in [5.74, 6) is 0.